The Hall–Kier alpha value is -2.37. The summed E-state index contributed by atoms with van der Waals surface area (Å²) in [5.74, 6) is -3.61. The first-order chi connectivity index (χ1) is 14.7. The summed E-state index contributed by atoms with van der Waals surface area (Å²) in [6, 6.07) is 1.91. The molecule has 0 saturated carbocycles. The van der Waals surface area contributed by atoms with E-state index in [1.165, 1.54) is 0 Å². The quantitative estimate of drug-likeness (QED) is 0.485. The molecule has 1 aliphatic rings. The number of allylic oxidation sites excluding steroid dienone is 1. The van der Waals surface area contributed by atoms with E-state index in [2.05, 4.69) is 26.3 Å². The predicted octanol–water partition coefficient (Wildman–Crippen LogP) is 3.20. The first-order valence-electron chi connectivity index (χ1n) is 10.1. The number of aromatic nitrogens is 4. The molecule has 3 aromatic heterocycles. The minimum absolute atomic E-state index is 0.0358. The molecule has 168 valence electrons. The van der Waals surface area contributed by atoms with Gasteiger partial charge in [-0.15, -0.1) is 6.58 Å². The summed E-state index contributed by atoms with van der Waals surface area (Å²) in [7, 11) is -3.84. The molecule has 2 N–H and O–H groups in total. The number of alkyl halides is 2. The second-order valence-electron chi connectivity index (χ2n) is 8.00. The van der Waals surface area contributed by atoms with E-state index < -0.39 is 34.5 Å². The number of nitrogens with one attached hydrogen (secondary N) is 2. The second kappa shape index (κ2) is 8.29. The maximum absolute atomic E-state index is 13.6. The molecular formula is C20H25F2N5O3S. The van der Waals surface area contributed by atoms with Crippen LogP contribution in [0, 0.1) is 5.92 Å². The van der Waals surface area contributed by atoms with Crippen LogP contribution in [0.5, 0.6) is 0 Å². The Bertz CT molecular complexity index is 1190. The summed E-state index contributed by atoms with van der Waals surface area (Å²) < 4.78 is 62.0. The first kappa shape index (κ1) is 21.8. The van der Waals surface area contributed by atoms with Crippen LogP contribution in [-0.2, 0) is 14.8 Å². The van der Waals surface area contributed by atoms with Gasteiger partial charge >= 0.3 is 0 Å². The lowest BCUT2D eigenvalue weighted by atomic mass is 10.00. The van der Waals surface area contributed by atoms with Gasteiger partial charge in [0.05, 0.1) is 35.5 Å². The summed E-state index contributed by atoms with van der Waals surface area (Å²) in [5, 5.41) is 0. The Kier molecular flexibility index (Phi) is 5.84. The molecule has 8 nitrogen and oxygen atoms in total. The van der Waals surface area contributed by atoms with Crippen molar-refractivity contribution in [3.63, 3.8) is 0 Å². The van der Waals surface area contributed by atoms with E-state index in [1.807, 2.05) is 17.4 Å². The minimum atomic E-state index is -3.84. The Morgan fingerprint density at radius 2 is 2.23 bits per heavy atom. The fourth-order valence-electron chi connectivity index (χ4n) is 4.01. The van der Waals surface area contributed by atoms with Crippen molar-refractivity contribution in [3.8, 4) is 0 Å². The van der Waals surface area contributed by atoms with Gasteiger partial charge in [0.25, 0.3) is 5.92 Å². The Balaban J connectivity index is 1.42. The minimum Gasteiger partial charge on any atom is -0.367 e. The summed E-state index contributed by atoms with van der Waals surface area (Å²) >= 11 is 0. The molecule has 0 bridgehead atoms. The Morgan fingerprint density at radius 3 is 3.00 bits per heavy atom. The van der Waals surface area contributed by atoms with Crippen LogP contribution in [0.4, 0.5) is 8.78 Å². The van der Waals surface area contributed by atoms with Crippen molar-refractivity contribution in [1.82, 2.24) is 24.1 Å². The van der Waals surface area contributed by atoms with Gasteiger partial charge in [-0.05, 0) is 18.4 Å². The summed E-state index contributed by atoms with van der Waals surface area (Å²) in [6.07, 6.45) is 5.02. The molecule has 1 saturated heterocycles. The van der Waals surface area contributed by atoms with Gasteiger partial charge < -0.3 is 9.72 Å². The molecule has 1 aliphatic heterocycles. The second-order valence-corrected chi connectivity index (χ2v) is 9.93. The van der Waals surface area contributed by atoms with Gasteiger partial charge in [0.15, 0.2) is 11.3 Å². The van der Waals surface area contributed by atoms with Crippen LogP contribution in [0.2, 0.25) is 0 Å². The Morgan fingerprint density at radius 1 is 1.42 bits per heavy atom. The molecule has 4 rings (SSSR count). The van der Waals surface area contributed by atoms with Crippen molar-refractivity contribution in [2.75, 3.05) is 12.3 Å². The lowest BCUT2D eigenvalue weighted by molar-refractivity contribution is 0.00134. The van der Waals surface area contributed by atoms with Gasteiger partial charge in [-0.1, -0.05) is 13.0 Å². The lowest BCUT2D eigenvalue weighted by Gasteiger charge is -2.17. The number of H-pyrrole nitrogens is 1. The smallest absolute Gasteiger partial charge is 0.252 e. The zero-order chi connectivity index (χ0) is 22.2. The SMILES string of the molecule is C=CCC(F)(F)CCS(=O)(=O)NCC1CC(C)C(c2cnc3cnc4[nH]ccc4n23)O1. The molecule has 3 unspecified atom stereocenters. The number of fused-ring (bicyclic) bond motifs is 3. The molecule has 31 heavy (non-hydrogen) atoms. The van der Waals surface area contributed by atoms with Crippen molar-refractivity contribution in [1.29, 1.82) is 0 Å². The molecule has 0 spiro atoms. The van der Waals surface area contributed by atoms with E-state index in [0.717, 1.165) is 22.9 Å². The topological polar surface area (TPSA) is 101 Å². The van der Waals surface area contributed by atoms with Crippen LogP contribution >= 0.6 is 0 Å². The van der Waals surface area contributed by atoms with Gasteiger partial charge in [-0.2, -0.15) is 0 Å². The molecular weight excluding hydrogens is 428 g/mol. The van der Waals surface area contributed by atoms with Crippen molar-refractivity contribution >= 4 is 26.8 Å². The predicted molar refractivity (Wildman–Crippen MR) is 112 cm³/mol. The third-order valence-corrected chi connectivity index (χ3v) is 6.91. The number of rotatable bonds is 9. The van der Waals surface area contributed by atoms with Crippen molar-refractivity contribution in [3.05, 3.63) is 43.0 Å². The number of ether oxygens (including phenoxy) is 1. The maximum atomic E-state index is 13.6. The number of nitrogens with zero attached hydrogens (tertiary/aromatic N) is 3. The lowest BCUT2D eigenvalue weighted by Crippen LogP contribution is -2.35. The van der Waals surface area contributed by atoms with Crippen molar-refractivity contribution in [2.24, 2.45) is 5.92 Å². The van der Waals surface area contributed by atoms with Crippen LogP contribution in [0.1, 0.15) is 38.0 Å². The molecule has 11 heteroatoms. The van der Waals surface area contributed by atoms with Crippen LogP contribution < -0.4 is 4.72 Å². The number of halogens is 2. The highest BCUT2D eigenvalue weighted by Crippen LogP contribution is 2.38. The van der Waals surface area contributed by atoms with Gasteiger partial charge in [-0.3, -0.25) is 4.40 Å². The van der Waals surface area contributed by atoms with E-state index >= 15 is 0 Å². The zero-order valence-electron chi connectivity index (χ0n) is 17.1. The van der Waals surface area contributed by atoms with E-state index in [1.54, 1.807) is 18.6 Å². The van der Waals surface area contributed by atoms with Crippen LogP contribution in [0.25, 0.3) is 16.8 Å². The molecule has 0 aromatic carbocycles. The van der Waals surface area contributed by atoms with Crippen molar-refractivity contribution in [2.45, 2.75) is 44.3 Å². The van der Waals surface area contributed by atoms with Crippen LogP contribution in [0.15, 0.2) is 37.3 Å². The van der Waals surface area contributed by atoms with Gasteiger partial charge in [-0.25, -0.2) is 31.9 Å². The third kappa shape index (κ3) is 4.63. The van der Waals surface area contributed by atoms with E-state index in [9.17, 15) is 17.2 Å². The highest BCUT2D eigenvalue weighted by Gasteiger charge is 2.36. The van der Waals surface area contributed by atoms with Gasteiger partial charge in [0, 0.05) is 25.6 Å². The maximum Gasteiger partial charge on any atom is 0.252 e. The molecule has 3 atom stereocenters. The van der Waals surface area contributed by atoms with Crippen LogP contribution in [0.3, 0.4) is 0 Å². The molecule has 0 amide bonds. The first-order valence-corrected chi connectivity index (χ1v) is 11.8. The zero-order valence-corrected chi connectivity index (χ0v) is 17.9. The van der Waals surface area contributed by atoms with Gasteiger partial charge in [0.2, 0.25) is 10.0 Å². The highest BCUT2D eigenvalue weighted by atomic mass is 32.2. The number of hydrogen-bond acceptors (Lipinski definition) is 5. The van der Waals surface area contributed by atoms with Gasteiger partial charge in [0.1, 0.15) is 6.10 Å². The van der Waals surface area contributed by atoms with E-state index in [4.69, 9.17) is 4.74 Å². The van der Waals surface area contributed by atoms with Crippen molar-refractivity contribution < 1.29 is 21.9 Å². The molecule has 0 radical (unpaired) electrons. The summed E-state index contributed by atoms with van der Waals surface area (Å²) in [5.41, 5.74) is 3.17. The summed E-state index contributed by atoms with van der Waals surface area (Å²) in [6.45, 7) is 5.34. The highest BCUT2D eigenvalue weighted by molar-refractivity contribution is 7.89. The Labute approximate surface area is 178 Å². The van der Waals surface area contributed by atoms with E-state index in [0.29, 0.717) is 12.1 Å². The third-order valence-electron chi connectivity index (χ3n) is 5.56. The average Bonchev–Trinajstić information content (AvgIpc) is 3.42. The van der Waals surface area contributed by atoms with Crippen LogP contribution in [-0.4, -0.2) is 52.1 Å². The standard InChI is InChI=1S/C20H25F2N5O3S/c1-3-5-20(21,22)6-8-31(28,29)26-10-14-9-13(2)18(30-14)16-11-24-17-12-25-19-15(27(16)17)4-7-23-19/h3-4,7,11-14,18,23,26H,1,5-6,8-10H2,2H3. The largest absolute Gasteiger partial charge is 0.367 e. The normalized spacial score (nSPS) is 22.5. The molecule has 0 aliphatic carbocycles. The molecule has 1 fully saturated rings. The number of sulfonamides is 1. The number of hydrogen-bond donors (Lipinski definition) is 2. The molecule has 3 aromatic rings. The monoisotopic (exact) mass is 453 g/mol. The number of imidazole rings is 1. The number of aromatic amines is 1. The molecule has 4 heterocycles. The fraction of sp³-hybridized carbons (Fsp3) is 0.500. The average molecular weight is 454 g/mol. The van der Waals surface area contributed by atoms with E-state index in [-0.39, 0.29) is 24.7 Å². The fourth-order valence-corrected chi connectivity index (χ4v) is 5.16. The summed E-state index contributed by atoms with van der Waals surface area (Å²) in [4.78, 5) is 11.8.